The van der Waals surface area contributed by atoms with Crippen LogP contribution in [0.5, 0.6) is 0 Å². The normalized spacial score (nSPS) is 11.3. The van der Waals surface area contributed by atoms with Crippen LogP contribution in [0.4, 0.5) is 34.1 Å². The molecule has 10 aromatic carbocycles. The lowest BCUT2D eigenvalue weighted by molar-refractivity contribution is 1.26. The summed E-state index contributed by atoms with van der Waals surface area (Å²) in [6.45, 7) is 0. The van der Waals surface area contributed by atoms with Gasteiger partial charge in [0.15, 0.2) is 8.07 Å². The molecule has 61 heavy (non-hydrogen) atoms. The Kier molecular flexibility index (Phi) is 10.4. The maximum Gasteiger partial charge on any atom is 0.179 e. The molecule has 0 heterocycles. The van der Waals surface area contributed by atoms with E-state index in [0.29, 0.717) is 0 Å². The molecule has 0 aliphatic rings. The first-order valence-corrected chi connectivity index (χ1v) is 22.9. The zero-order valence-corrected chi connectivity index (χ0v) is 34.8. The van der Waals surface area contributed by atoms with E-state index in [2.05, 4.69) is 277 Å². The first-order valence-electron chi connectivity index (χ1n) is 20.9. The van der Waals surface area contributed by atoms with E-state index in [0.717, 1.165) is 34.1 Å². The smallest absolute Gasteiger partial charge is 0.179 e. The maximum absolute atomic E-state index is 2.60. The van der Waals surface area contributed by atoms with Gasteiger partial charge < -0.3 is 9.80 Å². The molecule has 0 saturated carbocycles. The minimum atomic E-state index is -2.60. The van der Waals surface area contributed by atoms with Crippen LogP contribution in [0.15, 0.2) is 267 Å². The second-order valence-corrected chi connectivity index (χ2v) is 19.2. The molecule has 10 aromatic rings. The zero-order valence-electron chi connectivity index (χ0n) is 33.8. The Labute approximate surface area is 359 Å². The molecular formula is C58H44N2Si. The first kappa shape index (κ1) is 37.5. The van der Waals surface area contributed by atoms with Crippen LogP contribution < -0.4 is 30.5 Å². The second-order valence-electron chi connectivity index (χ2n) is 15.4. The van der Waals surface area contributed by atoms with Gasteiger partial charge in [0.05, 0.1) is 0 Å². The van der Waals surface area contributed by atoms with Gasteiger partial charge in [0.25, 0.3) is 0 Å². The summed E-state index contributed by atoms with van der Waals surface area (Å²) in [4.78, 5) is 4.66. The number of benzene rings is 10. The number of rotatable bonds is 11. The van der Waals surface area contributed by atoms with E-state index in [9.17, 15) is 0 Å². The highest BCUT2D eigenvalue weighted by molar-refractivity contribution is 7.19. The molecule has 0 unspecified atom stereocenters. The summed E-state index contributed by atoms with van der Waals surface area (Å²) in [7, 11) is -2.60. The van der Waals surface area contributed by atoms with Gasteiger partial charge in [0.1, 0.15) is 0 Å². The van der Waals surface area contributed by atoms with Crippen molar-refractivity contribution in [3.8, 4) is 11.1 Å². The molecule has 0 atom stereocenters. The monoisotopic (exact) mass is 796 g/mol. The Balaban J connectivity index is 1.03. The molecular weight excluding hydrogens is 753 g/mol. The number of hydrogen-bond donors (Lipinski definition) is 0. The Morgan fingerprint density at radius 3 is 0.951 bits per heavy atom. The number of anilines is 6. The van der Waals surface area contributed by atoms with Crippen LogP contribution in [-0.4, -0.2) is 8.07 Å². The SMILES string of the molecule is c1ccc(N(c2ccccc2)c2ccc(N(c3ccc(-c4ccc([Si](c5ccccc5)(c5ccccc5)c5ccccc5)cc4)cc3)c3ccc4ccccc4c3)cc2)cc1. The van der Waals surface area contributed by atoms with Gasteiger partial charge in [0, 0.05) is 34.1 Å². The zero-order chi connectivity index (χ0) is 40.9. The lowest BCUT2D eigenvalue weighted by Gasteiger charge is -2.34. The molecule has 0 N–H and O–H groups in total. The van der Waals surface area contributed by atoms with Gasteiger partial charge in [-0.15, -0.1) is 0 Å². The number of fused-ring (bicyclic) bond motifs is 1. The summed E-state index contributed by atoms with van der Waals surface area (Å²) in [6, 6.07) is 97.1. The topological polar surface area (TPSA) is 6.48 Å². The van der Waals surface area contributed by atoms with Crippen LogP contribution in [0.1, 0.15) is 0 Å². The fraction of sp³-hybridized carbons (Fsp3) is 0. The van der Waals surface area contributed by atoms with Gasteiger partial charge in [-0.1, -0.05) is 194 Å². The summed E-state index contributed by atoms with van der Waals surface area (Å²) < 4.78 is 0. The second kappa shape index (κ2) is 16.9. The van der Waals surface area contributed by atoms with E-state index in [1.165, 1.54) is 42.6 Å². The van der Waals surface area contributed by atoms with Gasteiger partial charge in [0.2, 0.25) is 0 Å². The highest BCUT2D eigenvalue weighted by Gasteiger charge is 2.41. The molecule has 0 fully saturated rings. The summed E-state index contributed by atoms with van der Waals surface area (Å²) in [5.41, 5.74) is 8.98. The molecule has 0 saturated heterocycles. The van der Waals surface area contributed by atoms with Crippen molar-refractivity contribution in [1.29, 1.82) is 0 Å². The molecule has 0 amide bonds. The third kappa shape index (κ3) is 7.33. The number of nitrogens with zero attached hydrogens (tertiary/aromatic N) is 2. The summed E-state index contributed by atoms with van der Waals surface area (Å²) in [5, 5.41) is 7.91. The lowest BCUT2D eigenvalue weighted by Crippen LogP contribution is -2.74. The van der Waals surface area contributed by atoms with Gasteiger partial charge in [-0.2, -0.15) is 0 Å². The minimum absolute atomic E-state index is 1.08. The van der Waals surface area contributed by atoms with Crippen LogP contribution >= 0.6 is 0 Å². The van der Waals surface area contributed by atoms with E-state index >= 15 is 0 Å². The average molecular weight is 797 g/mol. The summed E-state index contributed by atoms with van der Waals surface area (Å²) >= 11 is 0. The molecule has 10 rings (SSSR count). The molecule has 0 radical (unpaired) electrons. The van der Waals surface area contributed by atoms with Crippen molar-refractivity contribution in [3.05, 3.63) is 267 Å². The van der Waals surface area contributed by atoms with Gasteiger partial charge in [-0.05, 0) is 115 Å². The molecule has 0 aliphatic heterocycles. The molecule has 0 aliphatic carbocycles. The molecule has 0 bridgehead atoms. The minimum Gasteiger partial charge on any atom is -0.311 e. The third-order valence-electron chi connectivity index (χ3n) is 11.8. The highest BCUT2D eigenvalue weighted by atomic mass is 28.3. The number of para-hydroxylation sites is 2. The van der Waals surface area contributed by atoms with Crippen molar-refractivity contribution in [3.63, 3.8) is 0 Å². The van der Waals surface area contributed by atoms with Crippen molar-refractivity contribution < 1.29 is 0 Å². The Hall–Kier alpha value is -7.72. The molecule has 0 aromatic heterocycles. The Morgan fingerprint density at radius 1 is 0.213 bits per heavy atom. The highest BCUT2D eigenvalue weighted by Crippen LogP contribution is 2.40. The number of hydrogen-bond acceptors (Lipinski definition) is 2. The van der Waals surface area contributed by atoms with Gasteiger partial charge >= 0.3 is 0 Å². The maximum atomic E-state index is 2.37. The van der Waals surface area contributed by atoms with E-state index in [1.54, 1.807) is 0 Å². The predicted octanol–water partition coefficient (Wildman–Crippen LogP) is 12.8. The van der Waals surface area contributed by atoms with Crippen molar-refractivity contribution in [1.82, 2.24) is 0 Å². The van der Waals surface area contributed by atoms with Crippen LogP contribution in [0.2, 0.25) is 0 Å². The molecule has 2 nitrogen and oxygen atoms in total. The van der Waals surface area contributed by atoms with Crippen LogP contribution in [-0.2, 0) is 0 Å². The summed E-state index contributed by atoms with van der Waals surface area (Å²) in [6.07, 6.45) is 0. The van der Waals surface area contributed by atoms with E-state index in [4.69, 9.17) is 0 Å². The molecule has 0 spiro atoms. The largest absolute Gasteiger partial charge is 0.311 e. The first-order chi connectivity index (χ1) is 30.3. The fourth-order valence-electron chi connectivity index (χ4n) is 8.90. The molecule has 3 heteroatoms. The van der Waals surface area contributed by atoms with Gasteiger partial charge in [-0.25, -0.2) is 0 Å². The Morgan fingerprint density at radius 2 is 0.508 bits per heavy atom. The van der Waals surface area contributed by atoms with E-state index in [1.807, 2.05) is 0 Å². The van der Waals surface area contributed by atoms with Crippen molar-refractivity contribution in [2.24, 2.45) is 0 Å². The van der Waals surface area contributed by atoms with Crippen molar-refractivity contribution in [2.75, 3.05) is 9.80 Å². The van der Waals surface area contributed by atoms with Crippen LogP contribution in [0.25, 0.3) is 21.9 Å². The fourth-order valence-corrected chi connectivity index (χ4v) is 13.6. The Bertz CT molecular complexity index is 2840. The predicted molar refractivity (Wildman–Crippen MR) is 262 cm³/mol. The average Bonchev–Trinajstić information content (AvgIpc) is 3.35. The van der Waals surface area contributed by atoms with E-state index < -0.39 is 8.07 Å². The standard InChI is InChI=1S/C58H44N2Si/c1-6-20-49(21-7-1)59(50-22-8-2-9-23-50)52-38-40-53(41-39-52)60(54-37-32-45-18-16-17-19-48(45)44-54)51-35-30-46(31-36-51)47-33-42-58(43-34-47)61(55-24-10-3-11-25-55,56-26-12-4-13-27-56)57-28-14-5-15-29-57/h1-44H. The van der Waals surface area contributed by atoms with Crippen LogP contribution in [0, 0.1) is 0 Å². The van der Waals surface area contributed by atoms with Gasteiger partial charge in [-0.3, -0.25) is 0 Å². The van der Waals surface area contributed by atoms with Crippen molar-refractivity contribution in [2.45, 2.75) is 0 Å². The van der Waals surface area contributed by atoms with Crippen molar-refractivity contribution >= 4 is 73.7 Å². The van der Waals surface area contributed by atoms with Crippen LogP contribution in [0.3, 0.4) is 0 Å². The van der Waals surface area contributed by atoms with E-state index in [-0.39, 0.29) is 0 Å². The lowest BCUT2D eigenvalue weighted by atomic mass is 10.0. The third-order valence-corrected chi connectivity index (χ3v) is 16.6. The summed E-state index contributed by atoms with van der Waals surface area (Å²) in [5.74, 6) is 0. The quantitative estimate of drug-likeness (QED) is 0.0950. The molecule has 290 valence electrons.